The summed E-state index contributed by atoms with van der Waals surface area (Å²) in [6.07, 6.45) is 4.89. The highest BCUT2D eigenvalue weighted by Crippen LogP contribution is 2.42. The number of thiazole rings is 1. The smallest absolute Gasteiger partial charge is 0.106 e. The minimum Gasteiger partial charge on any atom is -0.326 e. The molecule has 2 rings (SSSR count). The maximum atomic E-state index is 5.76. The van der Waals surface area contributed by atoms with Crippen LogP contribution in [0.4, 0.5) is 0 Å². The van der Waals surface area contributed by atoms with Gasteiger partial charge >= 0.3 is 0 Å². The molecule has 0 aliphatic carbocycles. The molecule has 0 saturated carbocycles. The van der Waals surface area contributed by atoms with Crippen LogP contribution >= 0.6 is 23.1 Å². The van der Waals surface area contributed by atoms with Crippen molar-refractivity contribution in [2.24, 2.45) is 5.73 Å². The van der Waals surface area contributed by atoms with E-state index in [1.165, 1.54) is 34.2 Å². The lowest BCUT2D eigenvalue weighted by Crippen LogP contribution is -1.98. The highest BCUT2D eigenvalue weighted by atomic mass is 32.2. The summed E-state index contributed by atoms with van der Waals surface area (Å²) in [5, 5.41) is 1.98. The zero-order valence-electron chi connectivity index (χ0n) is 9.16. The highest BCUT2D eigenvalue weighted by Gasteiger charge is 2.22. The number of hydrogen-bond donors (Lipinski definition) is 1. The Kier molecular flexibility index (Phi) is 4.05. The largest absolute Gasteiger partial charge is 0.326 e. The first-order chi connectivity index (χ1) is 7.35. The van der Waals surface area contributed by atoms with E-state index < -0.39 is 0 Å². The Bertz CT molecular complexity index is 316. The van der Waals surface area contributed by atoms with Crippen LogP contribution in [0.1, 0.15) is 47.0 Å². The quantitative estimate of drug-likeness (QED) is 0.881. The van der Waals surface area contributed by atoms with Gasteiger partial charge in [-0.1, -0.05) is 13.3 Å². The molecule has 0 aromatic carbocycles. The average Bonchev–Trinajstić information content (AvgIpc) is 2.84. The first-order valence-electron chi connectivity index (χ1n) is 5.65. The fraction of sp³-hybridized carbons (Fsp3) is 0.727. The topological polar surface area (TPSA) is 38.9 Å². The molecule has 4 heteroatoms. The summed E-state index contributed by atoms with van der Waals surface area (Å²) in [5.74, 6) is 1.30. The maximum Gasteiger partial charge on any atom is 0.106 e. The Balaban J connectivity index is 2.17. The third-order valence-corrected chi connectivity index (χ3v) is 5.44. The fourth-order valence-corrected chi connectivity index (χ4v) is 4.41. The van der Waals surface area contributed by atoms with Gasteiger partial charge in [-0.05, 0) is 25.0 Å². The van der Waals surface area contributed by atoms with Crippen molar-refractivity contribution in [1.29, 1.82) is 0 Å². The van der Waals surface area contributed by atoms with E-state index in [0.29, 0.717) is 11.8 Å². The molecule has 2 nitrogen and oxygen atoms in total. The summed E-state index contributed by atoms with van der Waals surface area (Å²) in [7, 11) is 0. The fourth-order valence-electron chi connectivity index (χ4n) is 1.91. The Morgan fingerprint density at radius 2 is 2.40 bits per heavy atom. The third-order valence-electron chi connectivity index (χ3n) is 2.67. The van der Waals surface area contributed by atoms with Gasteiger partial charge in [0.2, 0.25) is 0 Å². The van der Waals surface area contributed by atoms with Crippen molar-refractivity contribution in [3.8, 4) is 0 Å². The number of aryl methyl sites for hydroxylation is 1. The van der Waals surface area contributed by atoms with Crippen LogP contribution in [-0.4, -0.2) is 10.7 Å². The van der Waals surface area contributed by atoms with E-state index in [2.05, 4.69) is 18.7 Å². The van der Waals surface area contributed by atoms with Gasteiger partial charge in [-0.2, -0.15) is 11.8 Å². The van der Waals surface area contributed by atoms with Crippen molar-refractivity contribution in [3.63, 3.8) is 0 Å². The van der Waals surface area contributed by atoms with Crippen LogP contribution in [0.3, 0.4) is 0 Å². The van der Waals surface area contributed by atoms with Crippen LogP contribution in [-0.2, 0) is 13.0 Å². The zero-order chi connectivity index (χ0) is 10.7. The summed E-state index contributed by atoms with van der Waals surface area (Å²) in [6.45, 7) is 2.86. The van der Waals surface area contributed by atoms with Crippen molar-refractivity contribution >= 4 is 23.1 Å². The third kappa shape index (κ3) is 2.55. The lowest BCUT2D eigenvalue weighted by molar-refractivity contribution is 0.806. The number of nitrogens with two attached hydrogens (primary N) is 1. The van der Waals surface area contributed by atoms with Crippen LogP contribution in [0.25, 0.3) is 0 Å². The SMILES string of the molecule is CCCc1nc(C2CCCS2)sc1CN. The van der Waals surface area contributed by atoms with Gasteiger partial charge in [0, 0.05) is 11.4 Å². The first-order valence-corrected chi connectivity index (χ1v) is 7.51. The van der Waals surface area contributed by atoms with Crippen LogP contribution in [0.5, 0.6) is 0 Å². The second-order valence-corrected chi connectivity index (χ2v) is 6.30. The van der Waals surface area contributed by atoms with E-state index in [1.807, 2.05) is 11.3 Å². The van der Waals surface area contributed by atoms with Gasteiger partial charge in [-0.3, -0.25) is 0 Å². The van der Waals surface area contributed by atoms with Gasteiger partial charge in [0.25, 0.3) is 0 Å². The van der Waals surface area contributed by atoms with Crippen molar-refractivity contribution in [2.75, 3.05) is 5.75 Å². The molecular formula is C11H18N2S2. The summed E-state index contributed by atoms with van der Waals surface area (Å²) < 4.78 is 0. The first kappa shape index (κ1) is 11.4. The molecule has 0 radical (unpaired) electrons. The molecule has 1 atom stereocenters. The monoisotopic (exact) mass is 242 g/mol. The number of nitrogens with zero attached hydrogens (tertiary/aromatic N) is 1. The van der Waals surface area contributed by atoms with Gasteiger partial charge in [0.1, 0.15) is 5.01 Å². The molecule has 1 unspecified atom stereocenters. The molecule has 0 spiro atoms. The minimum absolute atomic E-state index is 0.657. The molecule has 1 saturated heterocycles. The Labute approximate surface area is 99.7 Å². The molecule has 2 N–H and O–H groups in total. The predicted octanol–water partition coefficient (Wildman–Crippen LogP) is 3.12. The molecule has 1 aliphatic rings. The summed E-state index contributed by atoms with van der Waals surface area (Å²) in [4.78, 5) is 6.08. The summed E-state index contributed by atoms with van der Waals surface area (Å²) in [6, 6.07) is 0. The standard InChI is InChI=1S/C11H18N2S2/c1-2-4-8-10(7-12)15-11(13-8)9-5-3-6-14-9/h9H,2-7,12H2,1H3. The molecule has 0 amide bonds. The predicted molar refractivity (Wildman–Crippen MR) is 68.4 cm³/mol. The molecule has 1 aliphatic heterocycles. The van der Waals surface area contributed by atoms with Gasteiger partial charge in [0.05, 0.1) is 10.9 Å². The van der Waals surface area contributed by atoms with E-state index >= 15 is 0 Å². The maximum absolute atomic E-state index is 5.76. The molecule has 1 aromatic rings. The van der Waals surface area contributed by atoms with Gasteiger partial charge in [-0.15, -0.1) is 11.3 Å². The lowest BCUT2D eigenvalue weighted by Gasteiger charge is -2.01. The molecule has 0 bridgehead atoms. The zero-order valence-corrected chi connectivity index (χ0v) is 10.8. The second kappa shape index (κ2) is 5.32. The van der Waals surface area contributed by atoms with E-state index in [9.17, 15) is 0 Å². The van der Waals surface area contributed by atoms with E-state index in [-0.39, 0.29) is 0 Å². The number of aromatic nitrogens is 1. The second-order valence-electron chi connectivity index (χ2n) is 3.88. The Morgan fingerprint density at radius 3 is 3.00 bits per heavy atom. The van der Waals surface area contributed by atoms with Crippen LogP contribution in [0.15, 0.2) is 0 Å². The van der Waals surface area contributed by atoms with Crippen molar-refractivity contribution in [2.45, 2.75) is 44.4 Å². The van der Waals surface area contributed by atoms with Crippen molar-refractivity contribution in [3.05, 3.63) is 15.6 Å². The molecule has 1 fully saturated rings. The van der Waals surface area contributed by atoms with Crippen LogP contribution < -0.4 is 5.73 Å². The summed E-state index contributed by atoms with van der Waals surface area (Å²) >= 11 is 3.89. The number of thioether (sulfide) groups is 1. The normalized spacial score (nSPS) is 21.1. The molecule has 1 aromatic heterocycles. The Hall–Kier alpha value is -0.0600. The van der Waals surface area contributed by atoms with Gasteiger partial charge in [-0.25, -0.2) is 4.98 Å². The Morgan fingerprint density at radius 1 is 1.53 bits per heavy atom. The average molecular weight is 242 g/mol. The van der Waals surface area contributed by atoms with Crippen LogP contribution in [0, 0.1) is 0 Å². The highest BCUT2D eigenvalue weighted by molar-refractivity contribution is 7.99. The van der Waals surface area contributed by atoms with E-state index in [0.717, 1.165) is 12.8 Å². The molecule has 2 heterocycles. The van der Waals surface area contributed by atoms with Crippen molar-refractivity contribution < 1.29 is 0 Å². The van der Waals surface area contributed by atoms with Crippen molar-refractivity contribution in [1.82, 2.24) is 4.98 Å². The van der Waals surface area contributed by atoms with E-state index in [1.54, 1.807) is 0 Å². The lowest BCUT2D eigenvalue weighted by atomic mass is 10.2. The number of hydrogen-bond acceptors (Lipinski definition) is 4. The molecular weight excluding hydrogens is 224 g/mol. The minimum atomic E-state index is 0.657. The van der Waals surface area contributed by atoms with Crippen LogP contribution in [0.2, 0.25) is 0 Å². The van der Waals surface area contributed by atoms with Gasteiger partial charge < -0.3 is 5.73 Å². The molecule has 84 valence electrons. The van der Waals surface area contributed by atoms with Gasteiger partial charge in [0.15, 0.2) is 0 Å². The van der Waals surface area contributed by atoms with E-state index in [4.69, 9.17) is 10.7 Å². The molecule has 15 heavy (non-hydrogen) atoms. The number of rotatable bonds is 4. The summed E-state index contributed by atoms with van der Waals surface area (Å²) in [5.41, 5.74) is 7.01.